The summed E-state index contributed by atoms with van der Waals surface area (Å²) in [5.74, 6) is 0.213. The van der Waals surface area contributed by atoms with Gasteiger partial charge >= 0.3 is 0 Å². The molecule has 2 aliphatic rings. The maximum Gasteiger partial charge on any atom is 0.220 e. The Morgan fingerprint density at radius 2 is 2.06 bits per heavy atom. The van der Waals surface area contributed by atoms with Crippen LogP contribution < -0.4 is 11.1 Å². The predicted octanol–water partition coefficient (Wildman–Crippen LogP) is 0.716. The average Bonchev–Trinajstić information content (AvgIpc) is 2.27. The van der Waals surface area contributed by atoms with Gasteiger partial charge in [0.25, 0.3) is 0 Å². The first-order valence-corrected chi connectivity index (χ1v) is 6.81. The number of amides is 1. The number of likely N-dealkylation sites (tertiary alicyclic amines) is 1. The Hall–Kier alpha value is -0.610. The van der Waals surface area contributed by atoms with Gasteiger partial charge in [0.15, 0.2) is 0 Å². The molecule has 0 atom stereocenters. The van der Waals surface area contributed by atoms with Gasteiger partial charge in [0.05, 0.1) is 0 Å². The van der Waals surface area contributed by atoms with E-state index in [4.69, 9.17) is 5.73 Å². The molecule has 2 fully saturated rings. The van der Waals surface area contributed by atoms with E-state index in [1.165, 1.54) is 6.42 Å². The van der Waals surface area contributed by atoms with E-state index < -0.39 is 0 Å². The summed E-state index contributed by atoms with van der Waals surface area (Å²) in [4.78, 5) is 14.3. The number of hydrogen-bond acceptors (Lipinski definition) is 3. The van der Waals surface area contributed by atoms with Crippen molar-refractivity contribution in [3.8, 4) is 0 Å². The van der Waals surface area contributed by atoms with Crippen molar-refractivity contribution >= 4 is 5.91 Å². The Morgan fingerprint density at radius 3 is 2.53 bits per heavy atom. The normalized spacial score (nSPS) is 25.3. The lowest BCUT2D eigenvalue weighted by atomic mass is 9.66. The Labute approximate surface area is 104 Å². The summed E-state index contributed by atoms with van der Waals surface area (Å²) < 4.78 is 0. The van der Waals surface area contributed by atoms with Crippen LogP contribution in [0.2, 0.25) is 0 Å². The van der Waals surface area contributed by atoms with Gasteiger partial charge < -0.3 is 16.0 Å². The number of nitrogens with zero attached hydrogens (tertiary/aromatic N) is 1. The van der Waals surface area contributed by atoms with E-state index in [1.807, 2.05) is 0 Å². The standard InChI is InChI=1S/C13H25N3O/c1-16-7-3-11(4-8-16)15-12(17)9-13(10-14)5-2-6-13/h11H,2-10,14H2,1H3,(H,15,17). The minimum atomic E-state index is 0.134. The van der Waals surface area contributed by atoms with Crippen LogP contribution in [0.15, 0.2) is 0 Å². The number of rotatable bonds is 4. The maximum atomic E-state index is 12.0. The topological polar surface area (TPSA) is 58.4 Å². The second-order valence-electron chi connectivity index (χ2n) is 5.88. The highest BCUT2D eigenvalue weighted by molar-refractivity contribution is 5.77. The second-order valence-corrected chi connectivity index (χ2v) is 5.88. The zero-order valence-corrected chi connectivity index (χ0v) is 10.9. The van der Waals surface area contributed by atoms with Crippen LogP contribution in [-0.4, -0.2) is 43.5 Å². The molecule has 3 N–H and O–H groups in total. The number of carbonyl (C=O) groups excluding carboxylic acids is 1. The third-order valence-corrected chi connectivity index (χ3v) is 4.47. The molecule has 0 radical (unpaired) electrons. The molecule has 0 bridgehead atoms. The number of hydrogen-bond donors (Lipinski definition) is 2. The molecule has 1 aliphatic heterocycles. The number of nitrogens with two attached hydrogens (primary N) is 1. The Balaban J connectivity index is 1.73. The van der Waals surface area contributed by atoms with Crippen molar-refractivity contribution in [2.75, 3.05) is 26.7 Å². The van der Waals surface area contributed by atoms with E-state index in [1.54, 1.807) is 0 Å². The molecule has 17 heavy (non-hydrogen) atoms. The van der Waals surface area contributed by atoms with Gasteiger partial charge in [-0.15, -0.1) is 0 Å². The van der Waals surface area contributed by atoms with Crippen molar-refractivity contribution < 1.29 is 4.79 Å². The molecule has 4 nitrogen and oxygen atoms in total. The molecule has 0 spiro atoms. The predicted molar refractivity (Wildman–Crippen MR) is 68.6 cm³/mol. The van der Waals surface area contributed by atoms with E-state index >= 15 is 0 Å². The van der Waals surface area contributed by atoms with Crippen molar-refractivity contribution in [2.45, 2.75) is 44.6 Å². The summed E-state index contributed by atoms with van der Waals surface area (Å²) in [5, 5.41) is 3.18. The third-order valence-electron chi connectivity index (χ3n) is 4.47. The van der Waals surface area contributed by atoms with Gasteiger partial charge in [-0.2, -0.15) is 0 Å². The number of carbonyl (C=O) groups is 1. The summed E-state index contributed by atoms with van der Waals surface area (Å²) >= 11 is 0. The Bertz CT molecular complexity index is 262. The van der Waals surface area contributed by atoms with Gasteiger partial charge in [-0.3, -0.25) is 4.79 Å². The van der Waals surface area contributed by atoms with Crippen LogP contribution in [0.1, 0.15) is 38.5 Å². The van der Waals surface area contributed by atoms with Crippen molar-refractivity contribution in [1.29, 1.82) is 0 Å². The highest BCUT2D eigenvalue weighted by Gasteiger charge is 2.37. The molecule has 4 heteroatoms. The molecular formula is C13H25N3O. The second kappa shape index (κ2) is 5.36. The van der Waals surface area contributed by atoms with E-state index in [0.29, 0.717) is 19.0 Å². The van der Waals surface area contributed by atoms with Gasteiger partial charge in [-0.05, 0) is 57.8 Å². The van der Waals surface area contributed by atoms with Crippen LogP contribution in [-0.2, 0) is 4.79 Å². The molecule has 2 rings (SSSR count). The van der Waals surface area contributed by atoms with Crippen LogP contribution in [0.5, 0.6) is 0 Å². The Morgan fingerprint density at radius 1 is 1.41 bits per heavy atom. The molecular weight excluding hydrogens is 214 g/mol. The summed E-state index contributed by atoms with van der Waals surface area (Å²) in [6.45, 7) is 2.84. The quantitative estimate of drug-likeness (QED) is 0.760. The van der Waals surface area contributed by atoms with Crippen LogP contribution in [0, 0.1) is 5.41 Å². The SMILES string of the molecule is CN1CCC(NC(=O)CC2(CN)CCC2)CC1. The zero-order chi connectivity index (χ0) is 12.3. The minimum absolute atomic E-state index is 0.134. The fraction of sp³-hybridized carbons (Fsp3) is 0.923. The lowest BCUT2D eigenvalue weighted by Crippen LogP contribution is -2.47. The number of nitrogens with one attached hydrogen (secondary N) is 1. The molecule has 1 amide bonds. The van der Waals surface area contributed by atoms with Crippen LogP contribution in [0.4, 0.5) is 0 Å². The molecule has 0 aromatic carbocycles. The van der Waals surface area contributed by atoms with E-state index in [2.05, 4.69) is 17.3 Å². The summed E-state index contributed by atoms with van der Waals surface area (Å²) in [6.07, 6.45) is 6.29. The van der Waals surface area contributed by atoms with Gasteiger partial charge in [-0.1, -0.05) is 6.42 Å². The molecule has 1 heterocycles. The monoisotopic (exact) mass is 239 g/mol. The summed E-state index contributed by atoms with van der Waals surface area (Å²) in [7, 11) is 2.13. The zero-order valence-electron chi connectivity index (χ0n) is 10.9. The first-order valence-electron chi connectivity index (χ1n) is 6.81. The summed E-state index contributed by atoms with van der Waals surface area (Å²) in [6, 6.07) is 0.383. The number of piperidine rings is 1. The molecule has 0 aromatic rings. The van der Waals surface area contributed by atoms with E-state index in [-0.39, 0.29) is 11.3 Å². The van der Waals surface area contributed by atoms with Crippen LogP contribution in [0.25, 0.3) is 0 Å². The van der Waals surface area contributed by atoms with E-state index in [9.17, 15) is 4.79 Å². The first-order chi connectivity index (χ1) is 8.13. The highest BCUT2D eigenvalue weighted by Crippen LogP contribution is 2.42. The fourth-order valence-corrected chi connectivity index (χ4v) is 2.90. The smallest absolute Gasteiger partial charge is 0.220 e. The van der Waals surface area contributed by atoms with Gasteiger partial charge in [0, 0.05) is 12.5 Å². The Kier molecular flexibility index (Phi) is 4.05. The van der Waals surface area contributed by atoms with Crippen molar-refractivity contribution in [3.05, 3.63) is 0 Å². The maximum absolute atomic E-state index is 12.0. The van der Waals surface area contributed by atoms with Gasteiger partial charge in [0.2, 0.25) is 5.91 Å². The molecule has 1 saturated carbocycles. The highest BCUT2D eigenvalue weighted by atomic mass is 16.1. The van der Waals surface area contributed by atoms with Crippen LogP contribution in [0.3, 0.4) is 0 Å². The first kappa shape index (κ1) is 12.8. The minimum Gasteiger partial charge on any atom is -0.353 e. The molecule has 0 unspecified atom stereocenters. The third kappa shape index (κ3) is 3.19. The lowest BCUT2D eigenvalue weighted by Gasteiger charge is -2.41. The summed E-state index contributed by atoms with van der Waals surface area (Å²) in [5.41, 5.74) is 5.92. The lowest BCUT2D eigenvalue weighted by molar-refractivity contribution is -0.125. The van der Waals surface area contributed by atoms with E-state index in [0.717, 1.165) is 38.8 Å². The van der Waals surface area contributed by atoms with Crippen molar-refractivity contribution in [1.82, 2.24) is 10.2 Å². The molecule has 1 saturated heterocycles. The van der Waals surface area contributed by atoms with Crippen LogP contribution >= 0.6 is 0 Å². The average molecular weight is 239 g/mol. The molecule has 1 aliphatic carbocycles. The van der Waals surface area contributed by atoms with Crippen molar-refractivity contribution in [2.24, 2.45) is 11.1 Å². The van der Waals surface area contributed by atoms with Gasteiger partial charge in [-0.25, -0.2) is 0 Å². The fourth-order valence-electron chi connectivity index (χ4n) is 2.90. The largest absolute Gasteiger partial charge is 0.353 e. The molecule has 98 valence electrons. The van der Waals surface area contributed by atoms with Gasteiger partial charge in [0.1, 0.15) is 0 Å². The molecule has 0 aromatic heterocycles. The van der Waals surface area contributed by atoms with Crippen molar-refractivity contribution in [3.63, 3.8) is 0 Å².